The van der Waals surface area contributed by atoms with Crippen molar-refractivity contribution in [3.63, 3.8) is 0 Å². The van der Waals surface area contributed by atoms with E-state index in [0.717, 1.165) is 44.2 Å². The van der Waals surface area contributed by atoms with E-state index in [2.05, 4.69) is 0 Å². The molecule has 1 aromatic carbocycles. The summed E-state index contributed by atoms with van der Waals surface area (Å²) in [7, 11) is 0. The van der Waals surface area contributed by atoms with Gasteiger partial charge in [-0.3, -0.25) is 9.59 Å². The lowest BCUT2D eigenvalue weighted by Crippen LogP contribution is -2.56. The van der Waals surface area contributed by atoms with Crippen LogP contribution in [0.15, 0.2) is 18.2 Å². The molecule has 0 amide bonds. The first-order chi connectivity index (χ1) is 12.3. The Balaban J connectivity index is 1.36. The Morgan fingerprint density at radius 3 is 2.42 bits per heavy atom. The number of esters is 1. The number of hydrogen-bond acceptors (Lipinski definition) is 4. The molecule has 0 aliphatic heterocycles. The summed E-state index contributed by atoms with van der Waals surface area (Å²) in [5.74, 6) is -2.23. The van der Waals surface area contributed by atoms with E-state index in [9.17, 15) is 23.5 Å². The van der Waals surface area contributed by atoms with Gasteiger partial charge in [0.05, 0.1) is 12.0 Å². The van der Waals surface area contributed by atoms with Gasteiger partial charge in [0.25, 0.3) is 0 Å². The summed E-state index contributed by atoms with van der Waals surface area (Å²) >= 11 is 0. The van der Waals surface area contributed by atoms with Crippen molar-refractivity contribution >= 4 is 11.8 Å². The average Bonchev–Trinajstić information content (AvgIpc) is 2.52. The fourth-order valence-corrected chi connectivity index (χ4v) is 5.86. The molecule has 4 nitrogen and oxygen atoms in total. The predicted octanol–water partition coefficient (Wildman–Crippen LogP) is 3.41. The van der Waals surface area contributed by atoms with E-state index in [-0.39, 0.29) is 17.4 Å². The maximum Gasteiger partial charge on any atom is 0.306 e. The van der Waals surface area contributed by atoms with Crippen LogP contribution in [0.3, 0.4) is 0 Å². The maximum absolute atomic E-state index is 13.2. The zero-order valence-corrected chi connectivity index (χ0v) is 14.5. The highest BCUT2D eigenvalue weighted by molar-refractivity contribution is 5.97. The second-order valence-electron chi connectivity index (χ2n) is 8.57. The summed E-state index contributed by atoms with van der Waals surface area (Å²) in [6, 6.07) is 2.85. The molecular formula is C20H22F2O4. The average molecular weight is 364 g/mol. The second-order valence-corrected chi connectivity index (χ2v) is 8.57. The Bertz CT molecular complexity index is 746. The van der Waals surface area contributed by atoms with Crippen molar-refractivity contribution in [1.29, 1.82) is 0 Å². The van der Waals surface area contributed by atoms with Gasteiger partial charge in [-0.25, -0.2) is 8.78 Å². The van der Waals surface area contributed by atoms with Gasteiger partial charge in [0, 0.05) is 5.56 Å². The molecule has 140 valence electrons. The largest absolute Gasteiger partial charge is 0.457 e. The van der Waals surface area contributed by atoms with Crippen LogP contribution in [0.1, 0.15) is 55.3 Å². The Hall–Kier alpha value is -1.82. The molecule has 1 N–H and O–H groups in total. The molecule has 6 heteroatoms. The molecule has 0 heterocycles. The van der Waals surface area contributed by atoms with E-state index in [1.54, 1.807) is 0 Å². The number of ether oxygens (including phenoxy) is 1. The van der Waals surface area contributed by atoms with Crippen molar-refractivity contribution in [1.82, 2.24) is 0 Å². The molecule has 4 fully saturated rings. The van der Waals surface area contributed by atoms with E-state index >= 15 is 0 Å². The SMILES string of the molecule is O=C(CC12C[C@@H]3C[C@@H](CC(O)(C3)C1)C2)OCC(=O)c1ccc(F)c(F)c1. The van der Waals surface area contributed by atoms with Crippen LogP contribution < -0.4 is 0 Å². The van der Waals surface area contributed by atoms with Crippen molar-refractivity contribution in [3.05, 3.63) is 35.4 Å². The molecule has 2 unspecified atom stereocenters. The van der Waals surface area contributed by atoms with Crippen LogP contribution in [0.5, 0.6) is 0 Å². The Morgan fingerprint density at radius 2 is 1.81 bits per heavy atom. The summed E-state index contributed by atoms with van der Waals surface area (Å²) in [5.41, 5.74) is -0.895. The van der Waals surface area contributed by atoms with Gasteiger partial charge in [-0.2, -0.15) is 0 Å². The minimum absolute atomic E-state index is 0.0270. The summed E-state index contributed by atoms with van der Waals surface area (Å²) < 4.78 is 31.2. The lowest BCUT2D eigenvalue weighted by Gasteiger charge is -2.60. The highest BCUT2D eigenvalue weighted by Crippen LogP contribution is 2.62. The number of rotatable bonds is 5. The molecule has 4 bridgehead atoms. The summed E-state index contributed by atoms with van der Waals surface area (Å²) in [5, 5.41) is 10.7. The van der Waals surface area contributed by atoms with Crippen LogP contribution in [0.2, 0.25) is 0 Å². The lowest BCUT2D eigenvalue weighted by atomic mass is 9.47. The summed E-state index contributed by atoms with van der Waals surface area (Å²) in [4.78, 5) is 24.3. The first kappa shape index (κ1) is 17.6. The van der Waals surface area contributed by atoms with Gasteiger partial charge in [-0.15, -0.1) is 0 Å². The first-order valence-corrected chi connectivity index (χ1v) is 9.12. The molecular weight excluding hydrogens is 342 g/mol. The third-order valence-electron chi connectivity index (χ3n) is 6.28. The molecule has 0 aromatic heterocycles. The highest BCUT2D eigenvalue weighted by Gasteiger charge is 2.57. The number of carbonyl (C=O) groups excluding carboxylic acids is 2. The van der Waals surface area contributed by atoms with Gasteiger partial charge >= 0.3 is 5.97 Å². The van der Waals surface area contributed by atoms with E-state index in [1.165, 1.54) is 6.07 Å². The minimum atomic E-state index is -1.11. The number of ketones is 1. The van der Waals surface area contributed by atoms with Crippen molar-refractivity contribution < 1.29 is 28.2 Å². The quantitative estimate of drug-likeness (QED) is 0.642. The molecule has 5 rings (SSSR count). The van der Waals surface area contributed by atoms with Crippen LogP contribution >= 0.6 is 0 Å². The number of hydrogen-bond donors (Lipinski definition) is 1. The summed E-state index contributed by atoms with van der Waals surface area (Å²) in [6.45, 7) is -0.489. The Kier molecular flexibility index (Phi) is 4.14. The monoisotopic (exact) mass is 364 g/mol. The smallest absolute Gasteiger partial charge is 0.306 e. The molecule has 4 aliphatic carbocycles. The van der Waals surface area contributed by atoms with Crippen LogP contribution in [-0.2, 0) is 9.53 Å². The predicted molar refractivity (Wildman–Crippen MR) is 88.3 cm³/mol. The normalized spacial score (nSPS) is 34.7. The van der Waals surface area contributed by atoms with Crippen molar-refractivity contribution in [2.24, 2.45) is 17.3 Å². The Morgan fingerprint density at radius 1 is 1.12 bits per heavy atom. The molecule has 4 saturated carbocycles. The third-order valence-corrected chi connectivity index (χ3v) is 6.28. The number of carbonyl (C=O) groups is 2. The van der Waals surface area contributed by atoms with Gasteiger partial charge in [0.1, 0.15) is 0 Å². The molecule has 26 heavy (non-hydrogen) atoms. The van der Waals surface area contributed by atoms with E-state index in [0.29, 0.717) is 18.3 Å². The van der Waals surface area contributed by atoms with Crippen molar-refractivity contribution in [2.45, 2.75) is 50.5 Å². The zero-order valence-electron chi connectivity index (χ0n) is 14.5. The molecule has 4 aliphatic rings. The van der Waals surface area contributed by atoms with Crippen LogP contribution in [0.4, 0.5) is 8.78 Å². The molecule has 4 atom stereocenters. The van der Waals surface area contributed by atoms with Crippen LogP contribution in [0, 0.1) is 28.9 Å². The number of aliphatic hydroxyl groups is 1. The van der Waals surface area contributed by atoms with Crippen LogP contribution in [-0.4, -0.2) is 29.1 Å². The molecule has 0 spiro atoms. The van der Waals surface area contributed by atoms with Gasteiger partial charge in [-0.05, 0) is 74.0 Å². The second kappa shape index (κ2) is 6.12. The number of benzene rings is 1. The van der Waals surface area contributed by atoms with Gasteiger partial charge in [0.2, 0.25) is 0 Å². The number of Topliss-reactive ketones (excluding diaryl/α,β-unsaturated/α-hetero) is 1. The van der Waals surface area contributed by atoms with E-state index in [1.807, 2.05) is 0 Å². The lowest BCUT2D eigenvalue weighted by molar-refractivity contribution is -0.176. The molecule has 0 saturated heterocycles. The summed E-state index contributed by atoms with van der Waals surface area (Å²) in [6.07, 6.45) is 5.47. The zero-order chi connectivity index (χ0) is 18.5. The van der Waals surface area contributed by atoms with E-state index < -0.39 is 35.6 Å². The molecule has 0 radical (unpaired) electrons. The molecule has 1 aromatic rings. The maximum atomic E-state index is 13.2. The minimum Gasteiger partial charge on any atom is -0.457 e. The van der Waals surface area contributed by atoms with Crippen molar-refractivity contribution in [3.8, 4) is 0 Å². The Labute approximate surface area is 150 Å². The highest BCUT2D eigenvalue weighted by atomic mass is 19.2. The first-order valence-electron chi connectivity index (χ1n) is 9.12. The number of halogens is 2. The van der Waals surface area contributed by atoms with Crippen molar-refractivity contribution in [2.75, 3.05) is 6.61 Å². The standard InChI is InChI=1S/C20H22F2O4/c21-15-2-1-14(4-16(15)22)17(23)10-26-18(24)9-19-5-12-3-13(6-19)8-20(25,7-12)11-19/h1-2,4,12-13,25H,3,5-11H2/t12-,13+,19?,20?. The van der Waals surface area contributed by atoms with Crippen LogP contribution in [0.25, 0.3) is 0 Å². The fourth-order valence-electron chi connectivity index (χ4n) is 5.86. The fraction of sp³-hybridized carbons (Fsp3) is 0.600. The van der Waals surface area contributed by atoms with Gasteiger partial charge < -0.3 is 9.84 Å². The van der Waals surface area contributed by atoms with Gasteiger partial charge in [-0.1, -0.05) is 0 Å². The third kappa shape index (κ3) is 3.27. The van der Waals surface area contributed by atoms with Gasteiger partial charge in [0.15, 0.2) is 24.0 Å². The van der Waals surface area contributed by atoms with E-state index in [4.69, 9.17) is 4.74 Å². The topological polar surface area (TPSA) is 63.6 Å².